The summed E-state index contributed by atoms with van der Waals surface area (Å²) in [5.41, 5.74) is 1.12. The smallest absolute Gasteiger partial charge is 0.0726 e. The Labute approximate surface area is 83.9 Å². The molecule has 0 saturated heterocycles. The summed E-state index contributed by atoms with van der Waals surface area (Å²) < 4.78 is 1.81. The standard InChI is InChI=1S/C9H17N3S/c1-12-8-9(7-11-12)10-5-3-4-6-13-2/h7-8,10H,3-6H2,1-2H3. The van der Waals surface area contributed by atoms with E-state index in [0.717, 1.165) is 12.2 Å². The first kappa shape index (κ1) is 10.4. The van der Waals surface area contributed by atoms with Gasteiger partial charge < -0.3 is 5.32 Å². The van der Waals surface area contributed by atoms with Crippen molar-refractivity contribution in [3.05, 3.63) is 12.4 Å². The number of hydrogen-bond donors (Lipinski definition) is 1. The molecule has 0 unspecified atom stereocenters. The SMILES string of the molecule is CSCCCCNc1cnn(C)c1. The minimum absolute atomic E-state index is 1.05. The average molecular weight is 199 g/mol. The maximum Gasteiger partial charge on any atom is 0.0726 e. The molecule has 0 aliphatic carbocycles. The van der Waals surface area contributed by atoms with E-state index in [1.807, 2.05) is 35.9 Å². The van der Waals surface area contributed by atoms with Crippen molar-refractivity contribution >= 4 is 17.4 Å². The molecule has 1 heterocycles. The summed E-state index contributed by atoms with van der Waals surface area (Å²) in [6.45, 7) is 1.05. The molecular formula is C9H17N3S. The van der Waals surface area contributed by atoms with Gasteiger partial charge in [0.25, 0.3) is 0 Å². The van der Waals surface area contributed by atoms with Gasteiger partial charge in [-0.25, -0.2) is 0 Å². The fourth-order valence-corrected chi connectivity index (χ4v) is 1.61. The number of aromatic nitrogens is 2. The van der Waals surface area contributed by atoms with Gasteiger partial charge in [0.05, 0.1) is 11.9 Å². The molecule has 0 bridgehead atoms. The van der Waals surface area contributed by atoms with Crippen LogP contribution in [0.15, 0.2) is 12.4 Å². The molecule has 1 N–H and O–H groups in total. The zero-order chi connectivity index (χ0) is 9.52. The van der Waals surface area contributed by atoms with Gasteiger partial charge in [-0.15, -0.1) is 0 Å². The third-order valence-corrected chi connectivity index (χ3v) is 2.51. The molecule has 1 aromatic rings. The normalized spacial score (nSPS) is 10.3. The second-order valence-corrected chi connectivity index (χ2v) is 4.01. The van der Waals surface area contributed by atoms with Crippen molar-refractivity contribution in [3.8, 4) is 0 Å². The van der Waals surface area contributed by atoms with Gasteiger partial charge in [-0.3, -0.25) is 4.68 Å². The summed E-state index contributed by atoms with van der Waals surface area (Å²) in [6.07, 6.45) is 8.52. The van der Waals surface area contributed by atoms with E-state index >= 15 is 0 Å². The molecule has 3 nitrogen and oxygen atoms in total. The van der Waals surface area contributed by atoms with Crippen molar-refractivity contribution in [2.75, 3.05) is 23.9 Å². The molecule has 0 aromatic carbocycles. The molecule has 74 valence electrons. The van der Waals surface area contributed by atoms with E-state index in [1.165, 1.54) is 18.6 Å². The first-order chi connectivity index (χ1) is 6.33. The molecule has 0 saturated carbocycles. The van der Waals surface area contributed by atoms with E-state index in [1.54, 1.807) is 0 Å². The molecule has 13 heavy (non-hydrogen) atoms. The van der Waals surface area contributed by atoms with E-state index < -0.39 is 0 Å². The highest BCUT2D eigenvalue weighted by Crippen LogP contribution is 2.04. The highest BCUT2D eigenvalue weighted by Gasteiger charge is 1.93. The van der Waals surface area contributed by atoms with Gasteiger partial charge in [0.1, 0.15) is 0 Å². The Morgan fingerprint density at radius 2 is 2.38 bits per heavy atom. The number of nitrogens with zero attached hydrogens (tertiary/aromatic N) is 2. The highest BCUT2D eigenvalue weighted by molar-refractivity contribution is 7.98. The first-order valence-corrected chi connectivity index (χ1v) is 5.94. The summed E-state index contributed by atoms with van der Waals surface area (Å²) in [6, 6.07) is 0. The van der Waals surface area contributed by atoms with Crippen molar-refractivity contribution in [3.63, 3.8) is 0 Å². The van der Waals surface area contributed by atoms with E-state index in [0.29, 0.717) is 0 Å². The van der Waals surface area contributed by atoms with Crippen molar-refractivity contribution in [1.29, 1.82) is 0 Å². The van der Waals surface area contributed by atoms with Crippen molar-refractivity contribution in [2.24, 2.45) is 7.05 Å². The Morgan fingerprint density at radius 1 is 1.54 bits per heavy atom. The van der Waals surface area contributed by atoms with Crippen LogP contribution in [0.2, 0.25) is 0 Å². The lowest BCUT2D eigenvalue weighted by molar-refractivity contribution is 0.767. The Bertz CT molecular complexity index is 235. The quantitative estimate of drug-likeness (QED) is 0.710. The fraction of sp³-hybridized carbons (Fsp3) is 0.667. The predicted octanol–water partition coefficient (Wildman–Crippen LogP) is 1.98. The average Bonchev–Trinajstić information content (AvgIpc) is 2.51. The molecule has 0 radical (unpaired) electrons. The maximum absolute atomic E-state index is 4.08. The molecule has 0 atom stereocenters. The predicted molar refractivity (Wildman–Crippen MR) is 59.3 cm³/mol. The van der Waals surface area contributed by atoms with Crippen LogP contribution >= 0.6 is 11.8 Å². The molecule has 0 aliphatic rings. The molecule has 0 amide bonds. The number of hydrogen-bond acceptors (Lipinski definition) is 3. The molecule has 0 fully saturated rings. The highest BCUT2D eigenvalue weighted by atomic mass is 32.2. The van der Waals surface area contributed by atoms with E-state index in [2.05, 4.69) is 16.7 Å². The maximum atomic E-state index is 4.08. The summed E-state index contributed by atoms with van der Waals surface area (Å²) in [7, 11) is 1.93. The van der Waals surface area contributed by atoms with Crippen LogP contribution in [-0.4, -0.2) is 28.3 Å². The molecule has 1 aromatic heterocycles. The summed E-state index contributed by atoms with van der Waals surface area (Å²) in [5.74, 6) is 1.26. The topological polar surface area (TPSA) is 29.9 Å². The van der Waals surface area contributed by atoms with Crippen LogP contribution in [0, 0.1) is 0 Å². The van der Waals surface area contributed by atoms with Crippen LogP contribution in [0.3, 0.4) is 0 Å². The van der Waals surface area contributed by atoms with E-state index in [-0.39, 0.29) is 0 Å². The minimum atomic E-state index is 1.05. The molecular weight excluding hydrogens is 182 g/mol. The Hall–Kier alpha value is -0.640. The van der Waals surface area contributed by atoms with Crippen LogP contribution in [-0.2, 0) is 7.05 Å². The Kier molecular flexibility index (Phi) is 4.75. The Morgan fingerprint density at radius 3 is 3.00 bits per heavy atom. The van der Waals surface area contributed by atoms with Gasteiger partial charge in [-0.2, -0.15) is 16.9 Å². The molecule has 4 heteroatoms. The second kappa shape index (κ2) is 5.91. The van der Waals surface area contributed by atoms with Crippen molar-refractivity contribution < 1.29 is 0 Å². The number of nitrogens with one attached hydrogen (secondary N) is 1. The van der Waals surface area contributed by atoms with Crippen molar-refractivity contribution in [2.45, 2.75) is 12.8 Å². The third-order valence-electron chi connectivity index (χ3n) is 1.81. The van der Waals surface area contributed by atoms with Gasteiger partial charge in [-0.05, 0) is 24.9 Å². The summed E-state index contributed by atoms with van der Waals surface area (Å²) in [5, 5.41) is 7.41. The largest absolute Gasteiger partial charge is 0.383 e. The minimum Gasteiger partial charge on any atom is -0.383 e. The molecule has 0 spiro atoms. The van der Waals surface area contributed by atoms with E-state index in [4.69, 9.17) is 0 Å². The lowest BCUT2D eigenvalue weighted by Crippen LogP contribution is -2.00. The van der Waals surface area contributed by atoms with Gasteiger partial charge in [0, 0.05) is 19.8 Å². The third kappa shape index (κ3) is 4.22. The lowest BCUT2D eigenvalue weighted by Gasteiger charge is -2.01. The van der Waals surface area contributed by atoms with Gasteiger partial charge in [0.15, 0.2) is 0 Å². The van der Waals surface area contributed by atoms with Crippen LogP contribution < -0.4 is 5.32 Å². The summed E-state index contributed by atoms with van der Waals surface area (Å²) in [4.78, 5) is 0. The zero-order valence-electron chi connectivity index (χ0n) is 8.29. The second-order valence-electron chi connectivity index (χ2n) is 3.03. The number of rotatable bonds is 6. The van der Waals surface area contributed by atoms with Gasteiger partial charge in [-0.1, -0.05) is 0 Å². The lowest BCUT2D eigenvalue weighted by atomic mass is 10.3. The van der Waals surface area contributed by atoms with Crippen LogP contribution in [0.1, 0.15) is 12.8 Å². The zero-order valence-corrected chi connectivity index (χ0v) is 9.10. The number of aryl methyl sites for hydroxylation is 1. The number of unbranched alkanes of at least 4 members (excludes halogenated alkanes) is 1. The number of thioether (sulfide) groups is 1. The van der Waals surface area contributed by atoms with Crippen LogP contribution in [0.25, 0.3) is 0 Å². The van der Waals surface area contributed by atoms with Crippen molar-refractivity contribution in [1.82, 2.24) is 9.78 Å². The monoisotopic (exact) mass is 199 g/mol. The van der Waals surface area contributed by atoms with Crippen LogP contribution in [0.5, 0.6) is 0 Å². The van der Waals surface area contributed by atoms with Gasteiger partial charge in [0.2, 0.25) is 0 Å². The van der Waals surface area contributed by atoms with Crippen LogP contribution in [0.4, 0.5) is 5.69 Å². The summed E-state index contributed by atoms with van der Waals surface area (Å²) >= 11 is 1.91. The first-order valence-electron chi connectivity index (χ1n) is 4.54. The fourth-order valence-electron chi connectivity index (χ4n) is 1.12. The van der Waals surface area contributed by atoms with Gasteiger partial charge >= 0.3 is 0 Å². The molecule has 0 aliphatic heterocycles. The Balaban J connectivity index is 2.06. The number of anilines is 1. The van der Waals surface area contributed by atoms with E-state index in [9.17, 15) is 0 Å². The molecule has 1 rings (SSSR count).